The van der Waals surface area contributed by atoms with Gasteiger partial charge in [-0.05, 0) is 24.3 Å². The minimum Gasteiger partial charge on any atom is -0.497 e. The van der Waals surface area contributed by atoms with Crippen molar-refractivity contribution >= 4 is 28.7 Å². The number of nitrogen functional groups attached to an aromatic ring is 1. The lowest BCUT2D eigenvalue weighted by atomic mass is 10.1. The van der Waals surface area contributed by atoms with E-state index >= 15 is 0 Å². The van der Waals surface area contributed by atoms with Gasteiger partial charge in [-0.2, -0.15) is 13.2 Å². The van der Waals surface area contributed by atoms with Crippen molar-refractivity contribution in [1.82, 2.24) is 9.97 Å². The predicted octanol–water partition coefficient (Wildman–Crippen LogP) is 4.58. The highest BCUT2D eigenvalue weighted by Crippen LogP contribution is 2.38. The SMILES string of the molecule is COc1ccc(OC)c(Nc2ncnc(Nc3ccccc3C(F)(F)F)c2N)c1. The third-order valence-electron chi connectivity index (χ3n) is 4.03. The fourth-order valence-corrected chi connectivity index (χ4v) is 2.60. The number of ether oxygens (including phenoxy) is 2. The van der Waals surface area contributed by atoms with E-state index in [1.165, 1.54) is 38.7 Å². The Hall–Kier alpha value is -3.69. The average molecular weight is 405 g/mol. The van der Waals surface area contributed by atoms with E-state index in [1.807, 2.05) is 0 Å². The monoisotopic (exact) mass is 405 g/mol. The molecule has 152 valence electrons. The average Bonchev–Trinajstić information content (AvgIpc) is 2.70. The molecule has 1 heterocycles. The number of nitrogens with zero attached hydrogens (tertiary/aromatic N) is 2. The fraction of sp³-hybridized carbons (Fsp3) is 0.158. The Balaban J connectivity index is 1.94. The third kappa shape index (κ3) is 4.42. The molecule has 0 fully saturated rings. The van der Waals surface area contributed by atoms with Crippen LogP contribution >= 0.6 is 0 Å². The lowest BCUT2D eigenvalue weighted by Gasteiger charge is -2.17. The number of methoxy groups -OCH3 is 2. The van der Waals surface area contributed by atoms with Crippen LogP contribution in [0.15, 0.2) is 48.8 Å². The van der Waals surface area contributed by atoms with Crippen molar-refractivity contribution in [2.24, 2.45) is 0 Å². The summed E-state index contributed by atoms with van der Waals surface area (Å²) in [6.07, 6.45) is -3.34. The van der Waals surface area contributed by atoms with Crippen molar-refractivity contribution in [3.63, 3.8) is 0 Å². The van der Waals surface area contributed by atoms with Crippen LogP contribution in [0.3, 0.4) is 0 Å². The summed E-state index contributed by atoms with van der Waals surface area (Å²) in [6, 6.07) is 10.1. The Morgan fingerprint density at radius 1 is 0.897 bits per heavy atom. The lowest BCUT2D eigenvalue weighted by Crippen LogP contribution is -2.11. The number of rotatable bonds is 6. The molecule has 0 saturated heterocycles. The van der Waals surface area contributed by atoms with Crippen LogP contribution in [0.4, 0.5) is 41.9 Å². The van der Waals surface area contributed by atoms with Gasteiger partial charge in [0, 0.05) is 6.07 Å². The fourth-order valence-electron chi connectivity index (χ4n) is 2.60. The van der Waals surface area contributed by atoms with Crippen molar-refractivity contribution in [2.45, 2.75) is 6.18 Å². The molecule has 0 spiro atoms. The number of para-hydroxylation sites is 1. The molecule has 4 N–H and O–H groups in total. The molecule has 0 aliphatic rings. The molecule has 0 amide bonds. The van der Waals surface area contributed by atoms with Crippen molar-refractivity contribution < 1.29 is 22.6 Å². The minimum atomic E-state index is -4.53. The zero-order chi connectivity index (χ0) is 21.0. The molecule has 0 atom stereocenters. The summed E-state index contributed by atoms with van der Waals surface area (Å²) in [4.78, 5) is 8.04. The van der Waals surface area contributed by atoms with Gasteiger partial charge in [-0.1, -0.05) is 12.1 Å². The molecule has 3 aromatic rings. The van der Waals surface area contributed by atoms with Crippen molar-refractivity contribution in [3.8, 4) is 11.5 Å². The Morgan fingerprint density at radius 2 is 1.55 bits per heavy atom. The van der Waals surface area contributed by atoms with Crippen LogP contribution in [-0.4, -0.2) is 24.2 Å². The largest absolute Gasteiger partial charge is 0.497 e. The first-order valence-electron chi connectivity index (χ1n) is 8.36. The molecule has 7 nitrogen and oxygen atoms in total. The van der Waals surface area contributed by atoms with Gasteiger partial charge in [-0.25, -0.2) is 9.97 Å². The van der Waals surface area contributed by atoms with Crippen LogP contribution in [0.2, 0.25) is 0 Å². The van der Waals surface area contributed by atoms with Gasteiger partial charge in [-0.15, -0.1) is 0 Å². The van der Waals surface area contributed by atoms with Crippen LogP contribution in [0.25, 0.3) is 0 Å². The quantitative estimate of drug-likeness (QED) is 0.552. The standard InChI is InChI=1S/C19H18F3N5O2/c1-28-11-7-8-15(29-2)14(9-11)27-18-16(23)17(24-10-25-18)26-13-6-4-3-5-12(13)19(20,21)22/h3-10H,23H2,1-2H3,(H2,24,25,26,27). The molecule has 0 aliphatic heterocycles. The molecular weight excluding hydrogens is 387 g/mol. The van der Waals surface area contributed by atoms with Crippen LogP contribution in [0.5, 0.6) is 11.5 Å². The van der Waals surface area contributed by atoms with Gasteiger partial charge in [0.15, 0.2) is 11.6 Å². The van der Waals surface area contributed by atoms with Crippen LogP contribution in [0.1, 0.15) is 5.56 Å². The number of nitrogens with one attached hydrogen (secondary N) is 2. The summed E-state index contributed by atoms with van der Waals surface area (Å²) in [5.74, 6) is 1.29. The number of hydrogen-bond acceptors (Lipinski definition) is 7. The molecule has 29 heavy (non-hydrogen) atoms. The zero-order valence-corrected chi connectivity index (χ0v) is 15.5. The van der Waals surface area contributed by atoms with E-state index in [9.17, 15) is 13.2 Å². The van der Waals surface area contributed by atoms with Gasteiger partial charge >= 0.3 is 6.18 Å². The number of halogens is 3. The van der Waals surface area contributed by atoms with Crippen LogP contribution in [-0.2, 0) is 6.18 Å². The predicted molar refractivity (Wildman–Crippen MR) is 104 cm³/mol. The maximum absolute atomic E-state index is 13.2. The van der Waals surface area contributed by atoms with E-state index < -0.39 is 11.7 Å². The van der Waals surface area contributed by atoms with Crippen molar-refractivity contribution in [3.05, 3.63) is 54.4 Å². The molecule has 0 bridgehead atoms. The maximum Gasteiger partial charge on any atom is 0.418 e. The first-order valence-corrected chi connectivity index (χ1v) is 8.36. The van der Waals surface area contributed by atoms with Crippen molar-refractivity contribution in [2.75, 3.05) is 30.6 Å². The Kier molecular flexibility index (Phi) is 5.62. The van der Waals surface area contributed by atoms with Gasteiger partial charge in [0.2, 0.25) is 0 Å². The van der Waals surface area contributed by atoms with E-state index in [1.54, 1.807) is 18.2 Å². The van der Waals surface area contributed by atoms with Gasteiger partial charge in [0.1, 0.15) is 23.5 Å². The van der Waals surface area contributed by atoms with Gasteiger partial charge < -0.3 is 25.8 Å². The smallest absolute Gasteiger partial charge is 0.418 e. The first kappa shape index (κ1) is 20.1. The third-order valence-corrected chi connectivity index (χ3v) is 4.03. The summed E-state index contributed by atoms with van der Waals surface area (Å²) in [5, 5.41) is 5.63. The Bertz CT molecular complexity index is 1010. The molecule has 10 heteroatoms. The summed E-state index contributed by atoms with van der Waals surface area (Å²) >= 11 is 0. The maximum atomic E-state index is 13.2. The number of hydrogen-bond donors (Lipinski definition) is 3. The molecule has 2 aromatic carbocycles. The second-order valence-corrected chi connectivity index (χ2v) is 5.84. The molecule has 0 unspecified atom stereocenters. The Labute approximate surface area is 164 Å². The second-order valence-electron chi connectivity index (χ2n) is 5.84. The second kappa shape index (κ2) is 8.13. The normalized spacial score (nSPS) is 11.1. The topological polar surface area (TPSA) is 94.3 Å². The highest BCUT2D eigenvalue weighted by Gasteiger charge is 2.33. The highest BCUT2D eigenvalue weighted by molar-refractivity contribution is 5.82. The van der Waals surface area contributed by atoms with E-state index in [2.05, 4.69) is 20.6 Å². The van der Waals surface area contributed by atoms with E-state index in [4.69, 9.17) is 15.2 Å². The van der Waals surface area contributed by atoms with Crippen LogP contribution in [0, 0.1) is 0 Å². The van der Waals surface area contributed by atoms with E-state index in [0.717, 1.165) is 6.07 Å². The summed E-state index contributed by atoms with van der Waals surface area (Å²) in [6.45, 7) is 0. The Morgan fingerprint density at radius 3 is 2.17 bits per heavy atom. The summed E-state index contributed by atoms with van der Waals surface area (Å²) in [7, 11) is 3.02. The van der Waals surface area contributed by atoms with Gasteiger partial charge in [0.05, 0.1) is 31.2 Å². The molecule has 0 aliphatic carbocycles. The molecule has 0 saturated carbocycles. The first-order chi connectivity index (χ1) is 13.8. The molecular formula is C19H18F3N5O2. The van der Waals surface area contributed by atoms with Gasteiger partial charge in [0.25, 0.3) is 0 Å². The van der Waals surface area contributed by atoms with Gasteiger partial charge in [-0.3, -0.25) is 0 Å². The summed E-state index contributed by atoms with van der Waals surface area (Å²) in [5.41, 5.74) is 5.64. The molecule has 3 rings (SSSR count). The van der Waals surface area contributed by atoms with Crippen molar-refractivity contribution in [1.29, 1.82) is 0 Å². The minimum absolute atomic E-state index is 0.0288. The number of benzene rings is 2. The summed E-state index contributed by atoms with van der Waals surface area (Å²) < 4.78 is 50.2. The zero-order valence-electron chi connectivity index (χ0n) is 15.5. The molecule has 1 aromatic heterocycles. The number of nitrogens with two attached hydrogens (primary N) is 1. The number of alkyl halides is 3. The molecule has 0 radical (unpaired) electrons. The number of aromatic nitrogens is 2. The lowest BCUT2D eigenvalue weighted by molar-refractivity contribution is -0.136. The van der Waals surface area contributed by atoms with E-state index in [0.29, 0.717) is 17.2 Å². The highest BCUT2D eigenvalue weighted by atomic mass is 19.4. The van der Waals surface area contributed by atoms with Crippen LogP contribution < -0.4 is 25.8 Å². The van der Waals surface area contributed by atoms with E-state index in [-0.39, 0.29) is 23.0 Å². The number of anilines is 5.